The van der Waals surface area contributed by atoms with Crippen molar-refractivity contribution in [3.63, 3.8) is 0 Å². The molecular formula is C14H16N4O. The van der Waals surface area contributed by atoms with Gasteiger partial charge in [0.25, 0.3) is 0 Å². The molecule has 98 valence electrons. The summed E-state index contributed by atoms with van der Waals surface area (Å²) in [5.41, 5.74) is 2.43. The van der Waals surface area contributed by atoms with Gasteiger partial charge in [-0.25, -0.2) is 9.97 Å². The minimum absolute atomic E-state index is 0.0144. The van der Waals surface area contributed by atoms with E-state index >= 15 is 0 Å². The Kier molecular flexibility index (Phi) is 4.18. The molecule has 5 nitrogen and oxygen atoms in total. The molecule has 2 rings (SSSR count). The minimum Gasteiger partial charge on any atom is -0.354 e. The molecule has 0 aliphatic rings. The number of carbonyl (C=O) groups is 1. The Hall–Kier alpha value is -2.30. The minimum atomic E-state index is -0.0144. The Morgan fingerprint density at radius 1 is 1.37 bits per heavy atom. The van der Waals surface area contributed by atoms with Crippen LogP contribution in [0.5, 0.6) is 0 Å². The van der Waals surface area contributed by atoms with Crippen LogP contribution >= 0.6 is 0 Å². The predicted molar refractivity (Wildman–Crippen MR) is 73.2 cm³/mol. The maximum atomic E-state index is 11.3. The number of rotatable bonds is 5. The second-order valence-electron chi connectivity index (χ2n) is 4.29. The van der Waals surface area contributed by atoms with Gasteiger partial charge in [0.15, 0.2) is 5.78 Å². The Morgan fingerprint density at radius 3 is 2.84 bits per heavy atom. The lowest BCUT2D eigenvalue weighted by Gasteiger charge is -2.07. The van der Waals surface area contributed by atoms with Crippen LogP contribution in [-0.2, 0) is 6.42 Å². The van der Waals surface area contributed by atoms with Gasteiger partial charge in [-0.1, -0.05) is 6.07 Å². The Bertz CT molecular complexity index is 569. The molecule has 0 aliphatic carbocycles. The molecule has 0 spiro atoms. The zero-order valence-electron chi connectivity index (χ0n) is 11.1. The van der Waals surface area contributed by atoms with E-state index < -0.39 is 0 Å². The van der Waals surface area contributed by atoms with Crippen molar-refractivity contribution >= 4 is 11.7 Å². The number of hydrogen-bond donors (Lipinski definition) is 1. The molecule has 5 heteroatoms. The number of hydrogen-bond acceptors (Lipinski definition) is 5. The molecule has 0 radical (unpaired) electrons. The van der Waals surface area contributed by atoms with Crippen molar-refractivity contribution in [1.29, 1.82) is 0 Å². The fraction of sp³-hybridized carbons (Fsp3) is 0.286. The van der Waals surface area contributed by atoms with E-state index in [0.717, 1.165) is 18.5 Å². The third-order valence-corrected chi connectivity index (χ3v) is 2.78. The van der Waals surface area contributed by atoms with Crippen LogP contribution < -0.4 is 5.32 Å². The van der Waals surface area contributed by atoms with Gasteiger partial charge in [-0.05, 0) is 31.9 Å². The molecule has 0 saturated carbocycles. The van der Waals surface area contributed by atoms with E-state index in [4.69, 9.17) is 0 Å². The fourth-order valence-corrected chi connectivity index (χ4v) is 1.76. The summed E-state index contributed by atoms with van der Waals surface area (Å²) in [6, 6.07) is 3.94. The maximum Gasteiger partial charge on any atom is 0.222 e. The number of pyridine rings is 1. The Balaban J connectivity index is 1.93. The summed E-state index contributed by atoms with van der Waals surface area (Å²) in [6.07, 6.45) is 6.01. The molecule has 0 unspecified atom stereocenters. The number of anilines is 1. The number of aryl methyl sites for hydroxylation is 1. The van der Waals surface area contributed by atoms with Gasteiger partial charge in [0.1, 0.15) is 0 Å². The summed E-state index contributed by atoms with van der Waals surface area (Å²) in [5.74, 6) is 0.533. The molecule has 0 bridgehead atoms. The van der Waals surface area contributed by atoms with Crippen molar-refractivity contribution < 1.29 is 4.79 Å². The summed E-state index contributed by atoms with van der Waals surface area (Å²) in [6.45, 7) is 4.05. The van der Waals surface area contributed by atoms with Gasteiger partial charge in [-0.15, -0.1) is 0 Å². The third kappa shape index (κ3) is 3.58. The Labute approximate surface area is 112 Å². The highest BCUT2D eigenvalue weighted by molar-refractivity contribution is 5.94. The molecule has 1 N–H and O–H groups in total. The van der Waals surface area contributed by atoms with E-state index in [1.807, 2.05) is 25.3 Å². The van der Waals surface area contributed by atoms with Crippen LogP contribution in [-0.4, -0.2) is 27.3 Å². The predicted octanol–water partition coefficient (Wildman–Crippen LogP) is 2.04. The van der Waals surface area contributed by atoms with E-state index in [0.29, 0.717) is 17.2 Å². The molecule has 2 aromatic rings. The van der Waals surface area contributed by atoms with Crippen LogP contribution in [0.3, 0.4) is 0 Å². The molecule has 0 aromatic carbocycles. The maximum absolute atomic E-state index is 11.3. The van der Waals surface area contributed by atoms with E-state index in [1.165, 1.54) is 6.92 Å². The van der Waals surface area contributed by atoms with Crippen molar-refractivity contribution in [3.05, 3.63) is 47.5 Å². The van der Waals surface area contributed by atoms with Crippen LogP contribution in [0.4, 0.5) is 5.95 Å². The second kappa shape index (κ2) is 6.04. The number of nitrogens with one attached hydrogen (secondary N) is 1. The standard InChI is InChI=1S/C14H16N4O/c1-10-13(11(2)19)9-17-14(18-10)16-7-5-12-4-3-6-15-8-12/h3-4,6,8-9H,5,7H2,1-2H3,(H,16,17,18). The average Bonchev–Trinajstić information content (AvgIpc) is 2.39. The molecule has 0 fully saturated rings. The summed E-state index contributed by atoms with van der Waals surface area (Å²) in [7, 11) is 0. The van der Waals surface area contributed by atoms with Crippen LogP contribution in [0.25, 0.3) is 0 Å². The van der Waals surface area contributed by atoms with Gasteiger partial charge in [-0.3, -0.25) is 9.78 Å². The molecule has 0 amide bonds. The molecule has 0 saturated heterocycles. The first-order chi connectivity index (χ1) is 9.16. The summed E-state index contributed by atoms with van der Waals surface area (Å²) in [5, 5.41) is 3.14. The lowest BCUT2D eigenvalue weighted by molar-refractivity contribution is 0.101. The largest absolute Gasteiger partial charge is 0.354 e. The fourth-order valence-electron chi connectivity index (χ4n) is 1.76. The van der Waals surface area contributed by atoms with Crippen molar-refractivity contribution in [2.75, 3.05) is 11.9 Å². The highest BCUT2D eigenvalue weighted by atomic mass is 16.1. The molecule has 2 aromatic heterocycles. The number of Topliss-reactive ketones (excluding diaryl/α,β-unsaturated/α-hetero) is 1. The van der Waals surface area contributed by atoms with Crippen molar-refractivity contribution in [2.24, 2.45) is 0 Å². The van der Waals surface area contributed by atoms with E-state index in [9.17, 15) is 4.79 Å². The molecule has 19 heavy (non-hydrogen) atoms. The van der Waals surface area contributed by atoms with Crippen molar-refractivity contribution in [3.8, 4) is 0 Å². The zero-order valence-corrected chi connectivity index (χ0v) is 11.1. The number of nitrogens with zero attached hydrogens (tertiary/aromatic N) is 3. The number of ketones is 1. The summed E-state index contributed by atoms with van der Waals surface area (Å²) in [4.78, 5) is 23.7. The van der Waals surface area contributed by atoms with Crippen LogP contribution in [0.1, 0.15) is 28.5 Å². The molecular weight excluding hydrogens is 240 g/mol. The van der Waals surface area contributed by atoms with Gasteiger partial charge < -0.3 is 5.32 Å². The zero-order chi connectivity index (χ0) is 13.7. The van der Waals surface area contributed by atoms with Crippen molar-refractivity contribution in [2.45, 2.75) is 20.3 Å². The Morgan fingerprint density at radius 2 is 2.21 bits per heavy atom. The first-order valence-electron chi connectivity index (χ1n) is 6.14. The second-order valence-corrected chi connectivity index (χ2v) is 4.29. The van der Waals surface area contributed by atoms with Crippen molar-refractivity contribution in [1.82, 2.24) is 15.0 Å². The summed E-state index contributed by atoms with van der Waals surface area (Å²) < 4.78 is 0. The third-order valence-electron chi connectivity index (χ3n) is 2.78. The van der Waals surface area contributed by atoms with Crippen LogP contribution in [0.2, 0.25) is 0 Å². The highest BCUT2D eigenvalue weighted by Gasteiger charge is 2.06. The van der Waals surface area contributed by atoms with E-state index in [-0.39, 0.29) is 5.78 Å². The average molecular weight is 256 g/mol. The quantitative estimate of drug-likeness (QED) is 0.829. The van der Waals surface area contributed by atoms with Gasteiger partial charge >= 0.3 is 0 Å². The SMILES string of the molecule is CC(=O)c1cnc(NCCc2cccnc2)nc1C. The van der Waals surface area contributed by atoms with Gasteiger partial charge in [0.05, 0.1) is 11.3 Å². The van der Waals surface area contributed by atoms with E-state index in [2.05, 4.69) is 20.3 Å². The van der Waals surface area contributed by atoms with Gasteiger partial charge in [-0.2, -0.15) is 0 Å². The van der Waals surface area contributed by atoms with Gasteiger partial charge in [0.2, 0.25) is 5.95 Å². The van der Waals surface area contributed by atoms with Crippen LogP contribution in [0, 0.1) is 6.92 Å². The monoisotopic (exact) mass is 256 g/mol. The molecule has 2 heterocycles. The van der Waals surface area contributed by atoms with Gasteiger partial charge in [0, 0.05) is 25.1 Å². The first-order valence-corrected chi connectivity index (χ1v) is 6.14. The molecule has 0 aliphatic heterocycles. The highest BCUT2D eigenvalue weighted by Crippen LogP contribution is 2.07. The normalized spacial score (nSPS) is 10.2. The lowest BCUT2D eigenvalue weighted by atomic mass is 10.2. The summed E-state index contributed by atoms with van der Waals surface area (Å²) >= 11 is 0. The smallest absolute Gasteiger partial charge is 0.222 e. The topological polar surface area (TPSA) is 67.8 Å². The molecule has 0 atom stereocenters. The van der Waals surface area contributed by atoms with E-state index in [1.54, 1.807) is 12.4 Å². The number of aromatic nitrogens is 3. The van der Waals surface area contributed by atoms with Crippen LogP contribution in [0.15, 0.2) is 30.7 Å². The lowest BCUT2D eigenvalue weighted by Crippen LogP contribution is -2.10. The number of carbonyl (C=O) groups excluding carboxylic acids is 1. The first kappa shape index (κ1) is 13.1.